The van der Waals surface area contributed by atoms with Crippen molar-refractivity contribution in [3.8, 4) is 5.75 Å². The number of thiazole rings is 1. The number of nitrogens with zero attached hydrogens (tertiary/aromatic N) is 3. The van der Waals surface area contributed by atoms with Crippen molar-refractivity contribution in [3.05, 3.63) is 41.4 Å². The third-order valence-electron chi connectivity index (χ3n) is 3.84. The summed E-state index contributed by atoms with van der Waals surface area (Å²) in [6.07, 6.45) is 2.27. The molecular weight excluding hydrogens is 298 g/mol. The molecular formula is C16H19N3O2S. The molecule has 0 bridgehead atoms. The van der Waals surface area contributed by atoms with Crippen LogP contribution in [0, 0.1) is 0 Å². The fourth-order valence-corrected chi connectivity index (χ4v) is 3.25. The van der Waals surface area contributed by atoms with E-state index in [9.17, 15) is 4.79 Å². The van der Waals surface area contributed by atoms with Crippen LogP contribution in [0.4, 0.5) is 5.13 Å². The quantitative estimate of drug-likeness (QED) is 0.866. The van der Waals surface area contributed by atoms with Gasteiger partial charge in [0.05, 0.1) is 13.5 Å². The number of anilines is 1. The number of hydrogen-bond donors (Lipinski definition) is 0. The predicted octanol–water partition coefficient (Wildman–Crippen LogP) is 2.04. The lowest BCUT2D eigenvalue weighted by Crippen LogP contribution is -2.49. The first-order valence-electron chi connectivity index (χ1n) is 7.31. The van der Waals surface area contributed by atoms with E-state index in [2.05, 4.69) is 9.88 Å². The molecule has 2 aromatic rings. The molecule has 0 radical (unpaired) electrons. The van der Waals surface area contributed by atoms with E-state index in [4.69, 9.17) is 4.74 Å². The maximum atomic E-state index is 12.4. The number of benzene rings is 1. The van der Waals surface area contributed by atoms with Crippen molar-refractivity contribution < 1.29 is 9.53 Å². The minimum atomic E-state index is 0.184. The molecule has 0 aliphatic carbocycles. The number of piperazine rings is 1. The van der Waals surface area contributed by atoms with E-state index in [0.717, 1.165) is 42.6 Å². The van der Waals surface area contributed by atoms with Crippen LogP contribution >= 0.6 is 11.3 Å². The predicted molar refractivity (Wildman–Crippen MR) is 87.6 cm³/mol. The molecule has 2 heterocycles. The molecule has 6 heteroatoms. The average molecular weight is 317 g/mol. The van der Waals surface area contributed by atoms with Crippen LogP contribution in [0.15, 0.2) is 35.8 Å². The van der Waals surface area contributed by atoms with Gasteiger partial charge in [0.15, 0.2) is 5.13 Å². The number of methoxy groups -OCH3 is 1. The van der Waals surface area contributed by atoms with Gasteiger partial charge >= 0.3 is 0 Å². The van der Waals surface area contributed by atoms with Gasteiger partial charge in [0.2, 0.25) is 5.91 Å². The minimum absolute atomic E-state index is 0.184. The summed E-state index contributed by atoms with van der Waals surface area (Å²) in [4.78, 5) is 20.9. The molecule has 1 aromatic heterocycles. The summed E-state index contributed by atoms with van der Waals surface area (Å²) in [6, 6.07) is 7.68. The molecule has 1 fully saturated rings. The zero-order valence-electron chi connectivity index (χ0n) is 12.6. The molecule has 22 heavy (non-hydrogen) atoms. The van der Waals surface area contributed by atoms with Gasteiger partial charge in [-0.15, -0.1) is 11.3 Å². The van der Waals surface area contributed by atoms with Crippen molar-refractivity contribution in [1.29, 1.82) is 0 Å². The van der Waals surface area contributed by atoms with Gasteiger partial charge in [-0.2, -0.15) is 0 Å². The first-order valence-corrected chi connectivity index (χ1v) is 8.19. The Bertz CT molecular complexity index is 605. The Labute approximate surface area is 134 Å². The minimum Gasteiger partial charge on any atom is -0.497 e. The zero-order valence-corrected chi connectivity index (χ0v) is 13.4. The Morgan fingerprint density at radius 3 is 2.55 bits per heavy atom. The summed E-state index contributed by atoms with van der Waals surface area (Å²) in [7, 11) is 1.64. The second-order valence-electron chi connectivity index (χ2n) is 5.21. The Morgan fingerprint density at radius 2 is 1.95 bits per heavy atom. The number of rotatable bonds is 4. The highest BCUT2D eigenvalue weighted by Gasteiger charge is 2.22. The summed E-state index contributed by atoms with van der Waals surface area (Å²) in [5.41, 5.74) is 1.02. The number of carbonyl (C=O) groups is 1. The maximum Gasteiger partial charge on any atom is 0.227 e. The molecule has 116 valence electrons. The highest BCUT2D eigenvalue weighted by molar-refractivity contribution is 7.13. The summed E-state index contributed by atoms with van der Waals surface area (Å²) in [5.74, 6) is 0.997. The standard InChI is InChI=1S/C16H19N3O2S/c1-21-14-4-2-13(3-5-14)12-15(20)18-7-9-19(10-8-18)16-17-6-11-22-16/h2-6,11H,7-10,12H2,1H3. The van der Waals surface area contributed by atoms with Gasteiger partial charge in [-0.1, -0.05) is 12.1 Å². The van der Waals surface area contributed by atoms with Crippen LogP contribution in [0.3, 0.4) is 0 Å². The third kappa shape index (κ3) is 3.39. The first kappa shape index (κ1) is 14.8. The zero-order chi connectivity index (χ0) is 15.4. The van der Waals surface area contributed by atoms with Gasteiger partial charge in [0.1, 0.15) is 5.75 Å². The third-order valence-corrected chi connectivity index (χ3v) is 4.67. The van der Waals surface area contributed by atoms with Gasteiger partial charge in [0.25, 0.3) is 0 Å². The smallest absolute Gasteiger partial charge is 0.227 e. The fourth-order valence-electron chi connectivity index (χ4n) is 2.55. The lowest BCUT2D eigenvalue weighted by Gasteiger charge is -2.34. The molecule has 3 rings (SSSR count). The number of aromatic nitrogens is 1. The summed E-state index contributed by atoms with van der Waals surface area (Å²) < 4.78 is 5.13. The first-order chi connectivity index (χ1) is 10.8. The lowest BCUT2D eigenvalue weighted by atomic mass is 10.1. The number of amides is 1. The number of ether oxygens (including phenoxy) is 1. The van der Waals surface area contributed by atoms with Crippen LogP contribution < -0.4 is 9.64 Å². The Morgan fingerprint density at radius 1 is 1.23 bits per heavy atom. The molecule has 0 atom stereocenters. The van der Waals surface area contributed by atoms with Crippen molar-refractivity contribution in [1.82, 2.24) is 9.88 Å². The summed E-state index contributed by atoms with van der Waals surface area (Å²) in [5, 5.41) is 3.03. The van der Waals surface area contributed by atoms with Crippen molar-refractivity contribution in [3.63, 3.8) is 0 Å². The SMILES string of the molecule is COc1ccc(CC(=O)N2CCN(c3nccs3)CC2)cc1. The van der Waals surface area contributed by atoms with Crippen LogP contribution in [-0.4, -0.2) is 49.1 Å². The van der Waals surface area contributed by atoms with E-state index in [-0.39, 0.29) is 5.91 Å². The van der Waals surface area contributed by atoms with E-state index < -0.39 is 0 Å². The molecule has 1 aliphatic rings. The molecule has 1 saturated heterocycles. The fraction of sp³-hybridized carbons (Fsp3) is 0.375. The Hall–Kier alpha value is -2.08. The largest absolute Gasteiger partial charge is 0.497 e. The normalized spacial score (nSPS) is 15.0. The van der Waals surface area contributed by atoms with Gasteiger partial charge in [-0.25, -0.2) is 4.98 Å². The summed E-state index contributed by atoms with van der Waals surface area (Å²) in [6.45, 7) is 3.22. The molecule has 1 aromatic carbocycles. The number of carbonyl (C=O) groups excluding carboxylic acids is 1. The topological polar surface area (TPSA) is 45.7 Å². The van der Waals surface area contributed by atoms with E-state index in [1.165, 1.54) is 0 Å². The molecule has 5 nitrogen and oxygen atoms in total. The van der Waals surface area contributed by atoms with Gasteiger partial charge in [-0.3, -0.25) is 4.79 Å². The molecule has 1 amide bonds. The molecule has 1 aliphatic heterocycles. The van der Waals surface area contributed by atoms with Crippen LogP contribution in [0.5, 0.6) is 5.75 Å². The summed E-state index contributed by atoms with van der Waals surface area (Å²) >= 11 is 1.64. The van der Waals surface area contributed by atoms with Crippen LogP contribution in [0.1, 0.15) is 5.56 Å². The maximum absolute atomic E-state index is 12.4. The van der Waals surface area contributed by atoms with Crippen LogP contribution in [-0.2, 0) is 11.2 Å². The molecule has 0 unspecified atom stereocenters. The van der Waals surface area contributed by atoms with E-state index >= 15 is 0 Å². The van der Waals surface area contributed by atoms with Crippen LogP contribution in [0.25, 0.3) is 0 Å². The van der Waals surface area contributed by atoms with E-state index in [1.54, 1.807) is 18.4 Å². The van der Waals surface area contributed by atoms with Crippen molar-refractivity contribution in [2.75, 3.05) is 38.2 Å². The molecule has 0 N–H and O–H groups in total. The highest BCUT2D eigenvalue weighted by Crippen LogP contribution is 2.19. The Kier molecular flexibility index (Phi) is 4.58. The Balaban J connectivity index is 1.53. The van der Waals surface area contributed by atoms with Crippen molar-refractivity contribution >= 4 is 22.4 Å². The van der Waals surface area contributed by atoms with Gasteiger partial charge in [-0.05, 0) is 17.7 Å². The van der Waals surface area contributed by atoms with Gasteiger partial charge in [0, 0.05) is 37.8 Å². The van der Waals surface area contributed by atoms with Crippen molar-refractivity contribution in [2.45, 2.75) is 6.42 Å². The average Bonchev–Trinajstić information content (AvgIpc) is 3.10. The second-order valence-corrected chi connectivity index (χ2v) is 6.08. The number of hydrogen-bond acceptors (Lipinski definition) is 5. The van der Waals surface area contributed by atoms with Crippen LogP contribution in [0.2, 0.25) is 0 Å². The molecule has 0 saturated carbocycles. The van der Waals surface area contributed by atoms with E-state index in [0.29, 0.717) is 6.42 Å². The van der Waals surface area contributed by atoms with E-state index in [1.807, 2.05) is 40.7 Å². The lowest BCUT2D eigenvalue weighted by molar-refractivity contribution is -0.130. The van der Waals surface area contributed by atoms with Gasteiger partial charge < -0.3 is 14.5 Å². The highest BCUT2D eigenvalue weighted by atomic mass is 32.1. The molecule has 0 spiro atoms. The van der Waals surface area contributed by atoms with Crippen molar-refractivity contribution in [2.24, 2.45) is 0 Å². The monoisotopic (exact) mass is 317 g/mol. The second kappa shape index (κ2) is 6.79.